The summed E-state index contributed by atoms with van der Waals surface area (Å²) in [5.41, 5.74) is 2.02. The van der Waals surface area contributed by atoms with Crippen LogP contribution in [0, 0.1) is 0 Å². The van der Waals surface area contributed by atoms with Crippen molar-refractivity contribution in [2.75, 3.05) is 5.32 Å². The number of fused-ring (bicyclic) bond motifs is 1. The van der Waals surface area contributed by atoms with Crippen LogP contribution < -0.4 is 15.6 Å². The number of hydrogen-bond donors (Lipinski definition) is 1. The highest BCUT2D eigenvalue weighted by atomic mass is 35.5. The minimum Gasteiger partial charge on any atom is -0.457 e. The van der Waals surface area contributed by atoms with E-state index in [1.165, 1.54) is 6.08 Å². The molecule has 0 saturated carbocycles. The number of ether oxygens (including phenoxy) is 1. The minimum absolute atomic E-state index is 0.0874. The SMILES string of the molecule is C=CC(=O)Nc1ccc(Oc2ccc(Cl)cc2)c(-c2cn(C)c(=O)c3ccccc23)c1. The number of rotatable bonds is 5. The van der Waals surface area contributed by atoms with Gasteiger partial charge < -0.3 is 14.6 Å². The van der Waals surface area contributed by atoms with Crippen LogP contribution in [0.2, 0.25) is 5.02 Å². The molecule has 5 nitrogen and oxygen atoms in total. The summed E-state index contributed by atoms with van der Waals surface area (Å²) in [6.07, 6.45) is 2.98. The maximum atomic E-state index is 12.6. The molecule has 1 amide bonds. The number of pyridine rings is 1. The van der Waals surface area contributed by atoms with Crippen molar-refractivity contribution in [3.05, 3.63) is 101 Å². The monoisotopic (exact) mass is 430 g/mol. The normalized spacial score (nSPS) is 10.6. The van der Waals surface area contributed by atoms with Crippen molar-refractivity contribution >= 4 is 34.0 Å². The lowest BCUT2D eigenvalue weighted by Crippen LogP contribution is -2.16. The van der Waals surface area contributed by atoms with Gasteiger partial charge in [0.15, 0.2) is 0 Å². The maximum absolute atomic E-state index is 12.6. The molecule has 0 radical (unpaired) electrons. The number of aryl methyl sites for hydroxylation is 1. The Hall–Kier alpha value is -3.83. The summed E-state index contributed by atoms with van der Waals surface area (Å²) < 4.78 is 7.69. The van der Waals surface area contributed by atoms with E-state index in [1.807, 2.05) is 24.3 Å². The van der Waals surface area contributed by atoms with E-state index in [-0.39, 0.29) is 11.5 Å². The van der Waals surface area contributed by atoms with Crippen LogP contribution in [0.15, 0.2) is 90.4 Å². The lowest BCUT2D eigenvalue weighted by Gasteiger charge is -2.16. The molecule has 0 saturated heterocycles. The molecule has 1 heterocycles. The third-order valence-corrected chi connectivity index (χ3v) is 5.11. The number of halogens is 1. The lowest BCUT2D eigenvalue weighted by molar-refractivity contribution is -0.111. The highest BCUT2D eigenvalue weighted by Gasteiger charge is 2.15. The van der Waals surface area contributed by atoms with E-state index < -0.39 is 0 Å². The Morgan fingerprint density at radius 3 is 2.45 bits per heavy atom. The molecule has 6 heteroatoms. The van der Waals surface area contributed by atoms with Crippen molar-refractivity contribution < 1.29 is 9.53 Å². The van der Waals surface area contributed by atoms with Crippen LogP contribution in [0.5, 0.6) is 11.5 Å². The molecule has 4 rings (SSSR count). The zero-order chi connectivity index (χ0) is 22.0. The fourth-order valence-corrected chi connectivity index (χ4v) is 3.49. The summed E-state index contributed by atoms with van der Waals surface area (Å²) in [5.74, 6) is 0.869. The van der Waals surface area contributed by atoms with Gasteiger partial charge in [-0.1, -0.05) is 36.4 Å². The Morgan fingerprint density at radius 2 is 1.74 bits per heavy atom. The van der Waals surface area contributed by atoms with E-state index in [0.29, 0.717) is 27.6 Å². The topological polar surface area (TPSA) is 60.3 Å². The predicted octanol–water partition coefficient (Wildman–Crippen LogP) is 5.78. The molecule has 154 valence electrons. The smallest absolute Gasteiger partial charge is 0.258 e. The molecule has 0 aliphatic rings. The quantitative estimate of drug-likeness (QED) is 0.408. The summed E-state index contributed by atoms with van der Waals surface area (Å²) in [6.45, 7) is 3.49. The number of carbonyl (C=O) groups is 1. The first kappa shape index (κ1) is 20.4. The van der Waals surface area contributed by atoms with Crippen molar-refractivity contribution in [3.8, 4) is 22.6 Å². The summed E-state index contributed by atoms with van der Waals surface area (Å²) in [5, 5.41) is 4.77. The fourth-order valence-electron chi connectivity index (χ4n) is 3.36. The van der Waals surface area contributed by atoms with Crippen LogP contribution in [0.4, 0.5) is 5.69 Å². The van der Waals surface area contributed by atoms with Crippen LogP contribution in [-0.4, -0.2) is 10.5 Å². The van der Waals surface area contributed by atoms with Crippen molar-refractivity contribution in [1.29, 1.82) is 0 Å². The van der Waals surface area contributed by atoms with Gasteiger partial charge in [0.1, 0.15) is 11.5 Å². The van der Waals surface area contributed by atoms with E-state index in [2.05, 4.69) is 11.9 Å². The molecule has 0 fully saturated rings. The highest BCUT2D eigenvalue weighted by molar-refractivity contribution is 6.30. The molecule has 0 aliphatic carbocycles. The van der Waals surface area contributed by atoms with E-state index in [1.54, 1.807) is 60.3 Å². The van der Waals surface area contributed by atoms with Gasteiger partial charge in [0.05, 0.1) is 0 Å². The average Bonchev–Trinajstić information content (AvgIpc) is 2.78. The Kier molecular flexibility index (Phi) is 5.60. The van der Waals surface area contributed by atoms with Crippen molar-refractivity contribution in [1.82, 2.24) is 4.57 Å². The molecule has 0 unspecified atom stereocenters. The molecule has 0 atom stereocenters. The number of nitrogens with one attached hydrogen (secondary N) is 1. The second-order valence-electron chi connectivity index (χ2n) is 6.96. The van der Waals surface area contributed by atoms with Crippen LogP contribution in [0.3, 0.4) is 0 Å². The van der Waals surface area contributed by atoms with Gasteiger partial charge in [0, 0.05) is 40.5 Å². The lowest BCUT2D eigenvalue weighted by atomic mass is 9.99. The molecular formula is C25H19ClN2O3. The highest BCUT2D eigenvalue weighted by Crippen LogP contribution is 2.38. The van der Waals surface area contributed by atoms with Gasteiger partial charge in [-0.05, 0) is 60.0 Å². The Morgan fingerprint density at radius 1 is 1.03 bits per heavy atom. The van der Waals surface area contributed by atoms with Gasteiger partial charge in [-0.25, -0.2) is 0 Å². The minimum atomic E-state index is -0.317. The van der Waals surface area contributed by atoms with E-state index in [0.717, 1.165) is 16.5 Å². The van der Waals surface area contributed by atoms with Gasteiger partial charge >= 0.3 is 0 Å². The Bertz CT molecular complexity index is 1360. The maximum Gasteiger partial charge on any atom is 0.258 e. The number of carbonyl (C=O) groups excluding carboxylic acids is 1. The third-order valence-electron chi connectivity index (χ3n) is 4.85. The number of hydrogen-bond acceptors (Lipinski definition) is 3. The van der Waals surface area contributed by atoms with Gasteiger partial charge in [-0.2, -0.15) is 0 Å². The molecule has 31 heavy (non-hydrogen) atoms. The molecule has 0 bridgehead atoms. The zero-order valence-electron chi connectivity index (χ0n) is 16.8. The van der Waals surface area contributed by atoms with Gasteiger partial charge in [-0.15, -0.1) is 0 Å². The number of anilines is 1. The van der Waals surface area contributed by atoms with Crippen LogP contribution in [0.25, 0.3) is 21.9 Å². The zero-order valence-corrected chi connectivity index (χ0v) is 17.5. The molecule has 0 spiro atoms. The largest absolute Gasteiger partial charge is 0.457 e. The van der Waals surface area contributed by atoms with E-state index >= 15 is 0 Å². The molecule has 4 aromatic rings. The van der Waals surface area contributed by atoms with Crippen LogP contribution in [0.1, 0.15) is 0 Å². The van der Waals surface area contributed by atoms with E-state index in [9.17, 15) is 9.59 Å². The molecular weight excluding hydrogens is 412 g/mol. The number of benzene rings is 3. The van der Waals surface area contributed by atoms with Gasteiger partial charge in [-0.3, -0.25) is 9.59 Å². The van der Waals surface area contributed by atoms with Crippen LogP contribution in [-0.2, 0) is 11.8 Å². The summed E-state index contributed by atoms with van der Waals surface area (Å²) in [6, 6.07) is 19.8. The molecule has 1 N–H and O–H groups in total. The van der Waals surface area contributed by atoms with Crippen LogP contribution >= 0.6 is 11.6 Å². The van der Waals surface area contributed by atoms with Crippen molar-refractivity contribution in [2.24, 2.45) is 7.05 Å². The first-order valence-corrected chi connectivity index (χ1v) is 9.93. The van der Waals surface area contributed by atoms with E-state index in [4.69, 9.17) is 16.3 Å². The summed E-state index contributed by atoms with van der Waals surface area (Å²) in [4.78, 5) is 24.5. The first-order valence-electron chi connectivity index (χ1n) is 9.56. The Labute approximate surface area is 184 Å². The second-order valence-corrected chi connectivity index (χ2v) is 7.40. The molecule has 3 aromatic carbocycles. The average molecular weight is 431 g/mol. The Balaban J connectivity index is 1.93. The van der Waals surface area contributed by atoms with Gasteiger partial charge in [0.2, 0.25) is 5.91 Å². The number of aromatic nitrogens is 1. The predicted molar refractivity (Wildman–Crippen MR) is 125 cm³/mol. The molecule has 1 aromatic heterocycles. The van der Waals surface area contributed by atoms with Crippen molar-refractivity contribution in [2.45, 2.75) is 0 Å². The number of amides is 1. The third kappa shape index (κ3) is 4.22. The summed E-state index contributed by atoms with van der Waals surface area (Å²) >= 11 is 5.99. The molecule has 0 aliphatic heterocycles. The fraction of sp³-hybridized carbons (Fsp3) is 0.0400. The first-order chi connectivity index (χ1) is 15.0. The summed E-state index contributed by atoms with van der Waals surface area (Å²) in [7, 11) is 1.71. The van der Waals surface area contributed by atoms with Crippen molar-refractivity contribution in [3.63, 3.8) is 0 Å². The number of nitrogens with zero attached hydrogens (tertiary/aromatic N) is 1. The second kappa shape index (κ2) is 8.50. The standard InChI is InChI=1S/C25H19ClN2O3/c1-3-24(29)27-17-10-13-23(31-18-11-8-16(26)9-12-18)21(14-17)22-15-28(2)25(30)20-7-5-4-6-19(20)22/h3-15H,1H2,2H3,(H,27,29). The van der Waals surface area contributed by atoms with Gasteiger partial charge in [0.25, 0.3) is 5.56 Å².